The Morgan fingerprint density at radius 3 is 2.50 bits per heavy atom. The van der Waals surface area contributed by atoms with Crippen molar-refractivity contribution in [2.45, 2.75) is 38.1 Å². The molecule has 1 aliphatic rings. The second-order valence-electron chi connectivity index (χ2n) is 5.55. The maximum atomic E-state index is 12.1. The molecule has 1 saturated carbocycles. The van der Waals surface area contributed by atoms with Gasteiger partial charge in [0.1, 0.15) is 0 Å². The van der Waals surface area contributed by atoms with E-state index in [1.54, 1.807) is 12.1 Å². The van der Waals surface area contributed by atoms with Crippen LogP contribution in [0.4, 0.5) is 5.69 Å². The van der Waals surface area contributed by atoms with E-state index in [4.69, 9.17) is 5.73 Å². The largest absolute Gasteiger partial charge is 0.353 e. The summed E-state index contributed by atoms with van der Waals surface area (Å²) in [6.07, 6.45) is 4.59. The molecule has 0 radical (unpaired) electrons. The Labute approximate surface area is 136 Å². The summed E-state index contributed by atoms with van der Waals surface area (Å²) in [5, 5.41) is 13.6. The Hall–Kier alpha value is -1.66. The molecule has 122 valence electrons. The minimum Gasteiger partial charge on any atom is -0.353 e. The first-order valence-electron chi connectivity index (χ1n) is 7.33. The lowest BCUT2D eigenvalue weighted by Gasteiger charge is -2.31. The van der Waals surface area contributed by atoms with Crippen molar-refractivity contribution >= 4 is 24.0 Å². The van der Waals surface area contributed by atoms with Crippen LogP contribution in [0, 0.1) is 16.0 Å². The zero-order valence-corrected chi connectivity index (χ0v) is 13.2. The van der Waals surface area contributed by atoms with Gasteiger partial charge in [0, 0.05) is 18.2 Å². The first kappa shape index (κ1) is 18.4. The van der Waals surface area contributed by atoms with Crippen molar-refractivity contribution in [2.24, 2.45) is 11.7 Å². The highest BCUT2D eigenvalue weighted by Crippen LogP contribution is 2.23. The van der Waals surface area contributed by atoms with E-state index in [1.807, 2.05) is 0 Å². The van der Waals surface area contributed by atoms with Crippen LogP contribution in [0.5, 0.6) is 0 Å². The maximum Gasteiger partial charge on any atom is 0.269 e. The fourth-order valence-corrected chi connectivity index (χ4v) is 2.86. The topological polar surface area (TPSA) is 98.3 Å². The summed E-state index contributed by atoms with van der Waals surface area (Å²) in [6.45, 7) is 0.600. The standard InChI is InChI=1S/C15H21N3O3.ClH/c16-10-12-3-1-2-4-14(12)17-15(19)9-11-5-7-13(8-6-11)18(20)21;/h5-8,12,14H,1-4,9-10,16H2,(H,17,19);1H. The van der Waals surface area contributed by atoms with Gasteiger partial charge in [-0.15, -0.1) is 12.4 Å². The Bertz CT molecular complexity index is 507. The Kier molecular flexibility index (Phi) is 7.27. The maximum absolute atomic E-state index is 12.1. The van der Waals surface area contributed by atoms with Crippen LogP contribution in [0.15, 0.2) is 24.3 Å². The zero-order chi connectivity index (χ0) is 15.2. The first-order chi connectivity index (χ1) is 10.1. The van der Waals surface area contributed by atoms with Crippen molar-refractivity contribution in [1.29, 1.82) is 0 Å². The molecule has 1 amide bonds. The highest BCUT2D eigenvalue weighted by molar-refractivity contribution is 5.85. The molecule has 1 fully saturated rings. The van der Waals surface area contributed by atoms with E-state index in [2.05, 4.69) is 5.32 Å². The normalized spacial score (nSPS) is 20.8. The van der Waals surface area contributed by atoms with Crippen molar-refractivity contribution in [1.82, 2.24) is 5.32 Å². The number of nitro groups is 1. The molecular weight excluding hydrogens is 306 g/mol. The number of nitrogens with one attached hydrogen (secondary N) is 1. The van der Waals surface area contributed by atoms with E-state index >= 15 is 0 Å². The van der Waals surface area contributed by atoms with Crippen molar-refractivity contribution in [3.8, 4) is 0 Å². The van der Waals surface area contributed by atoms with E-state index in [-0.39, 0.29) is 36.5 Å². The summed E-state index contributed by atoms with van der Waals surface area (Å²) in [7, 11) is 0. The van der Waals surface area contributed by atoms with Crippen LogP contribution in [-0.4, -0.2) is 23.4 Å². The summed E-state index contributed by atoms with van der Waals surface area (Å²) >= 11 is 0. The molecule has 0 aliphatic heterocycles. The minimum atomic E-state index is -0.447. The van der Waals surface area contributed by atoms with Crippen LogP contribution in [0.25, 0.3) is 0 Å². The molecular formula is C15H22ClN3O3. The third kappa shape index (κ3) is 4.96. The molecule has 7 heteroatoms. The lowest BCUT2D eigenvalue weighted by molar-refractivity contribution is -0.384. The number of rotatable bonds is 5. The van der Waals surface area contributed by atoms with Gasteiger partial charge < -0.3 is 11.1 Å². The lowest BCUT2D eigenvalue weighted by Crippen LogP contribution is -2.45. The number of carbonyl (C=O) groups is 1. The number of hydrogen-bond donors (Lipinski definition) is 2. The van der Waals surface area contributed by atoms with Crippen LogP contribution in [0.2, 0.25) is 0 Å². The summed E-state index contributed by atoms with van der Waals surface area (Å²) in [6, 6.07) is 6.25. The molecule has 0 spiro atoms. The zero-order valence-electron chi connectivity index (χ0n) is 12.4. The molecule has 0 aromatic heterocycles. The molecule has 1 aromatic rings. The van der Waals surface area contributed by atoms with Crippen LogP contribution < -0.4 is 11.1 Å². The number of carbonyl (C=O) groups excluding carboxylic acids is 1. The number of halogens is 1. The molecule has 6 nitrogen and oxygen atoms in total. The second-order valence-corrected chi connectivity index (χ2v) is 5.55. The molecule has 3 N–H and O–H groups in total. The number of non-ortho nitro benzene ring substituents is 1. The second kappa shape index (κ2) is 8.70. The Balaban J connectivity index is 0.00000242. The van der Waals surface area contributed by atoms with Crippen LogP contribution >= 0.6 is 12.4 Å². The van der Waals surface area contributed by atoms with Crippen molar-refractivity contribution < 1.29 is 9.72 Å². The molecule has 2 atom stereocenters. The van der Waals surface area contributed by atoms with Crippen molar-refractivity contribution in [2.75, 3.05) is 6.54 Å². The van der Waals surface area contributed by atoms with E-state index in [0.29, 0.717) is 12.5 Å². The predicted octanol–water partition coefficient (Wildman–Crippen LogP) is 2.19. The third-order valence-corrected chi connectivity index (χ3v) is 4.07. The third-order valence-electron chi connectivity index (χ3n) is 4.07. The molecule has 2 unspecified atom stereocenters. The van der Waals surface area contributed by atoms with Gasteiger partial charge in [0.05, 0.1) is 11.3 Å². The summed E-state index contributed by atoms with van der Waals surface area (Å²) in [4.78, 5) is 22.2. The molecule has 1 aromatic carbocycles. The van der Waals surface area contributed by atoms with Gasteiger partial charge in [-0.05, 0) is 30.9 Å². The summed E-state index contributed by atoms with van der Waals surface area (Å²) in [5.74, 6) is 0.314. The molecule has 0 saturated heterocycles. The number of benzene rings is 1. The molecule has 2 rings (SSSR count). The number of nitrogens with zero attached hydrogens (tertiary/aromatic N) is 1. The Morgan fingerprint density at radius 2 is 1.91 bits per heavy atom. The van der Waals surface area contributed by atoms with E-state index in [0.717, 1.165) is 24.8 Å². The first-order valence-corrected chi connectivity index (χ1v) is 7.33. The molecule has 1 aliphatic carbocycles. The van der Waals surface area contributed by atoms with Gasteiger partial charge in [-0.3, -0.25) is 14.9 Å². The highest BCUT2D eigenvalue weighted by Gasteiger charge is 2.25. The fourth-order valence-electron chi connectivity index (χ4n) is 2.86. The van der Waals surface area contributed by atoms with Crippen molar-refractivity contribution in [3.63, 3.8) is 0 Å². The number of nitrogens with two attached hydrogens (primary N) is 1. The average Bonchev–Trinajstić information content (AvgIpc) is 2.48. The number of hydrogen-bond acceptors (Lipinski definition) is 4. The van der Waals surface area contributed by atoms with Gasteiger partial charge in [-0.2, -0.15) is 0 Å². The number of nitro benzene ring substituents is 1. The van der Waals surface area contributed by atoms with E-state index in [1.165, 1.54) is 18.6 Å². The van der Waals surface area contributed by atoms with Crippen LogP contribution in [-0.2, 0) is 11.2 Å². The fraction of sp³-hybridized carbons (Fsp3) is 0.533. The quantitative estimate of drug-likeness (QED) is 0.639. The van der Waals surface area contributed by atoms with Gasteiger partial charge >= 0.3 is 0 Å². The van der Waals surface area contributed by atoms with Crippen molar-refractivity contribution in [3.05, 3.63) is 39.9 Å². The molecule has 0 bridgehead atoms. The SMILES string of the molecule is Cl.NCC1CCCCC1NC(=O)Cc1ccc([N+](=O)[O-])cc1. The smallest absolute Gasteiger partial charge is 0.269 e. The van der Waals surface area contributed by atoms with Gasteiger partial charge in [0.2, 0.25) is 5.91 Å². The minimum absolute atomic E-state index is 0. The average molecular weight is 328 g/mol. The number of amides is 1. The lowest BCUT2D eigenvalue weighted by atomic mass is 9.84. The summed E-state index contributed by atoms with van der Waals surface area (Å²) < 4.78 is 0. The van der Waals surface area contributed by atoms with Gasteiger partial charge in [0.15, 0.2) is 0 Å². The van der Waals surface area contributed by atoms with Crippen LogP contribution in [0.1, 0.15) is 31.2 Å². The Morgan fingerprint density at radius 1 is 1.27 bits per heavy atom. The van der Waals surface area contributed by atoms with E-state index in [9.17, 15) is 14.9 Å². The van der Waals surface area contributed by atoms with Crippen LogP contribution in [0.3, 0.4) is 0 Å². The van der Waals surface area contributed by atoms with Gasteiger partial charge in [0.25, 0.3) is 5.69 Å². The monoisotopic (exact) mass is 327 g/mol. The van der Waals surface area contributed by atoms with E-state index < -0.39 is 4.92 Å². The van der Waals surface area contributed by atoms with Gasteiger partial charge in [-0.1, -0.05) is 25.0 Å². The van der Waals surface area contributed by atoms with Gasteiger partial charge in [-0.25, -0.2) is 0 Å². The highest BCUT2D eigenvalue weighted by atomic mass is 35.5. The molecule has 22 heavy (non-hydrogen) atoms. The summed E-state index contributed by atoms with van der Waals surface area (Å²) in [5.41, 5.74) is 6.56. The molecule has 0 heterocycles. The predicted molar refractivity (Wildman–Crippen MR) is 87.0 cm³/mol.